The Balaban J connectivity index is 1.31. The molecular weight excluding hydrogens is 785 g/mol. The number of ether oxygens (including phenoxy) is 4. The lowest BCUT2D eigenvalue weighted by Gasteiger charge is -2.43. The Labute approximate surface area is 355 Å². The molecule has 2 heterocycles. The van der Waals surface area contributed by atoms with Gasteiger partial charge in [0, 0.05) is 41.4 Å². The second-order valence-corrected chi connectivity index (χ2v) is 19.3. The van der Waals surface area contributed by atoms with Gasteiger partial charge in [-0.15, -0.1) is 0 Å². The van der Waals surface area contributed by atoms with Gasteiger partial charge in [0.05, 0.1) is 48.0 Å². The minimum atomic E-state index is -1.45. The van der Waals surface area contributed by atoms with Crippen LogP contribution in [0.15, 0.2) is 60.4 Å². The van der Waals surface area contributed by atoms with Crippen LogP contribution < -0.4 is 14.8 Å². The minimum absolute atomic E-state index is 0.232. The Kier molecular flexibility index (Phi) is 15.0. The molecule has 3 aliphatic rings. The van der Waals surface area contributed by atoms with Gasteiger partial charge in [-0.1, -0.05) is 18.9 Å². The van der Waals surface area contributed by atoms with Crippen LogP contribution in [0.25, 0.3) is 0 Å². The number of hydrogen-bond donors (Lipinski definition) is 1. The fourth-order valence-electron chi connectivity index (χ4n) is 7.15. The minimum Gasteiger partial charge on any atom is -0.460 e. The van der Waals surface area contributed by atoms with Crippen LogP contribution in [0.4, 0.5) is 0 Å². The molecule has 324 valence electrons. The largest absolute Gasteiger partial charge is 0.460 e. The number of fused-ring (bicyclic) bond motifs is 6. The van der Waals surface area contributed by atoms with Crippen LogP contribution in [0, 0.1) is 28.1 Å². The lowest BCUT2D eigenvalue weighted by atomic mass is 9.71. The van der Waals surface area contributed by atoms with Crippen LogP contribution in [0.5, 0.6) is 11.5 Å². The fourth-order valence-corrected chi connectivity index (χ4v) is 8.78. The van der Waals surface area contributed by atoms with Crippen molar-refractivity contribution in [1.82, 2.24) is 9.99 Å². The first-order valence-corrected chi connectivity index (χ1v) is 21.9. The number of unbranched alkanes of at least 4 members (excludes halogenated alkanes) is 3. The smallest absolute Gasteiger partial charge is 0.339 e. The molecule has 1 N–H and O–H groups in total. The maximum absolute atomic E-state index is 13.7. The highest BCUT2D eigenvalue weighted by atomic mass is 31.2. The van der Waals surface area contributed by atoms with E-state index in [-0.39, 0.29) is 29.5 Å². The molecule has 14 heteroatoms. The highest BCUT2D eigenvalue weighted by Gasteiger charge is 2.58. The van der Waals surface area contributed by atoms with Gasteiger partial charge >= 0.3 is 17.9 Å². The molecule has 2 aromatic carbocycles. The van der Waals surface area contributed by atoms with Crippen molar-refractivity contribution < 1.29 is 47.2 Å². The number of rotatable bonds is 17. The van der Waals surface area contributed by atoms with Crippen LogP contribution in [-0.4, -0.2) is 66.4 Å². The maximum atomic E-state index is 13.7. The first-order chi connectivity index (χ1) is 28.3. The first-order valence-electron chi connectivity index (χ1n) is 20.8. The van der Waals surface area contributed by atoms with E-state index in [4.69, 9.17) is 33.3 Å². The van der Waals surface area contributed by atoms with Gasteiger partial charge in [0.25, 0.3) is 14.4 Å². The van der Waals surface area contributed by atoms with Gasteiger partial charge in [-0.2, -0.15) is 5.26 Å². The molecule has 60 heavy (non-hydrogen) atoms. The third-order valence-corrected chi connectivity index (χ3v) is 12.3. The number of hydrogen-bond acceptors (Lipinski definition) is 12. The highest BCUT2D eigenvalue weighted by Crippen LogP contribution is 2.57. The third-order valence-electron chi connectivity index (χ3n) is 10.2. The molecule has 2 aliphatic heterocycles. The molecule has 5 rings (SSSR count). The summed E-state index contributed by atoms with van der Waals surface area (Å²) >= 11 is 0. The van der Waals surface area contributed by atoms with Crippen molar-refractivity contribution in [2.24, 2.45) is 16.7 Å². The van der Waals surface area contributed by atoms with Crippen LogP contribution in [0.3, 0.4) is 0 Å². The van der Waals surface area contributed by atoms with Crippen molar-refractivity contribution in [3.05, 3.63) is 82.6 Å². The monoisotopic (exact) mass is 845 g/mol. The summed E-state index contributed by atoms with van der Waals surface area (Å²) < 4.78 is 38.7. The summed E-state index contributed by atoms with van der Waals surface area (Å²) in [4.78, 5) is 53.0. The van der Waals surface area contributed by atoms with Crippen molar-refractivity contribution in [2.45, 2.75) is 125 Å². The molecule has 2 aromatic rings. The van der Waals surface area contributed by atoms with E-state index in [9.17, 15) is 19.2 Å². The topological polar surface area (TPSA) is 163 Å². The molecule has 1 amide bonds. The Morgan fingerprint density at radius 2 is 1.57 bits per heavy atom. The molecule has 1 aliphatic carbocycles. The molecule has 0 saturated carbocycles. The van der Waals surface area contributed by atoms with E-state index in [1.807, 2.05) is 0 Å². The summed E-state index contributed by atoms with van der Waals surface area (Å²) in [5.41, 5.74) is -1.30. The number of nitrogens with zero attached hydrogens (tertiary/aromatic N) is 2. The molecule has 4 unspecified atom stereocenters. The molecule has 0 radical (unpaired) electrons. The fraction of sp³-hybridized carbons (Fsp3) is 0.543. The highest BCUT2D eigenvalue weighted by molar-refractivity contribution is 7.44. The number of nitriles is 1. The number of benzene rings is 2. The van der Waals surface area contributed by atoms with Gasteiger partial charge in [-0.25, -0.2) is 9.46 Å². The average molecular weight is 846 g/mol. The maximum Gasteiger partial charge on any atom is 0.339 e. The summed E-state index contributed by atoms with van der Waals surface area (Å²) in [5, 5.41) is 12.0. The van der Waals surface area contributed by atoms with Crippen molar-refractivity contribution in [3.8, 4) is 17.6 Å². The van der Waals surface area contributed by atoms with Crippen LogP contribution >= 0.6 is 8.53 Å². The average Bonchev–Trinajstić information content (AvgIpc) is 3.45. The second-order valence-electron chi connectivity index (χ2n) is 17.9. The van der Waals surface area contributed by atoms with Gasteiger partial charge in [-0.05, 0) is 125 Å². The number of nitrogens with one attached hydrogen (secondary N) is 1. The summed E-state index contributed by atoms with van der Waals surface area (Å²) in [5.74, 6) is -1.47. The first kappa shape index (κ1) is 46.5. The van der Waals surface area contributed by atoms with Crippen molar-refractivity contribution in [1.29, 1.82) is 5.26 Å². The molecular formula is C46H60N3O10P. The Morgan fingerprint density at radius 1 is 0.883 bits per heavy atom. The van der Waals surface area contributed by atoms with Crippen LogP contribution in [0.2, 0.25) is 0 Å². The predicted molar refractivity (Wildman–Crippen MR) is 227 cm³/mol. The molecule has 13 nitrogen and oxygen atoms in total. The zero-order valence-electron chi connectivity index (χ0n) is 36.6. The van der Waals surface area contributed by atoms with E-state index in [1.54, 1.807) is 96.2 Å². The van der Waals surface area contributed by atoms with E-state index < -0.39 is 54.9 Å². The van der Waals surface area contributed by atoms with Crippen molar-refractivity contribution in [3.63, 3.8) is 0 Å². The Morgan fingerprint density at radius 3 is 2.23 bits per heavy atom. The molecule has 0 fully saturated rings. The van der Waals surface area contributed by atoms with Crippen molar-refractivity contribution >= 4 is 32.3 Å². The summed E-state index contributed by atoms with van der Waals surface area (Å²) in [6.07, 6.45) is 8.15. The van der Waals surface area contributed by atoms with Gasteiger partial charge in [0.15, 0.2) is 5.60 Å². The van der Waals surface area contributed by atoms with E-state index in [0.29, 0.717) is 54.2 Å². The standard InChI is InChI=1S/C46H60N3O10P/c1-29(2)49(30(3)4)60(55-25-15-22-47)54-24-14-12-11-13-23-48-40(50)31-16-19-34-37(26-31)46(59-41(34)51)35-20-17-32(56-42(52)44(5,6)7)27-38(35)58-39-28-33(18-21-36(39)46)57-43(53)45(8,9)10/h16-21,26-30,32,35H,11-15,23-25H2,1-10H3,(H,48,50). The number of carbonyl (C=O) groups excluding carboxylic acids is 4. The molecule has 0 aromatic heterocycles. The summed E-state index contributed by atoms with van der Waals surface area (Å²) in [7, 11) is -1.28. The predicted octanol–water partition coefficient (Wildman–Crippen LogP) is 9.06. The quantitative estimate of drug-likeness (QED) is 0.0529. The van der Waals surface area contributed by atoms with Gasteiger partial charge < -0.3 is 33.3 Å². The Bertz CT molecular complexity index is 2020. The molecule has 0 saturated heterocycles. The third kappa shape index (κ3) is 10.6. The Hall–Kier alpha value is -4.60. The zero-order chi connectivity index (χ0) is 44.0. The normalized spacial score (nSPS) is 19.8. The van der Waals surface area contributed by atoms with Crippen molar-refractivity contribution in [2.75, 3.05) is 19.8 Å². The summed E-state index contributed by atoms with van der Waals surface area (Å²) in [6.45, 7) is 20.3. The van der Waals surface area contributed by atoms with Gasteiger partial charge in [0.1, 0.15) is 23.4 Å². The SMILES string of the molecule is CC(C)N(C(C)C)P(OCCC#N)OCCCCCCNC(=O)c1ccc2c(c1)C1(OC2=O)c2ccc(OC(=O)C(C)(C)C)cc2OC2=CC(OC(=O)C(C)(C)C)C=CC21. The molecule has 4 atom stereocenters. The van der Waals surface area contributed by atoms with Gasteiger partial charge in [-0.3, -0.25) is 14.4 Å². The van der Waals surface area contributed by atoms with E-state index in [1.165, 1.54) is 0 Å². The number of amides is 1. The zero-order valence-corrected chi connectivity index (χ0v) is 37.5. The molecule has 1 spiro atoms. The number of carbonyl (C=O) groups is 4. The van der Waals surface area contributed by atoms with Crippen LogP contribution in [-0.2, 0) is 33.7 Å². The number of esters is 3. The lowest BCUT2D eigenvalue weighted by Crippen LogP contribution is -2.43. The lowest BCUT2D eigenvalue weighted by molar-refractivity contribution is -0.154. The van der Waals surface area contributed by atoms with E-state index >= 15 is 0 Å². The second kappa shape index (κ2) is 19.4. The van der Waals surface area contributed by atoms with Gasteiger partial charge in [0.2, 0.25) is 0 Å². The van der Waals surface area contributed by atoms with E-state index in [0.717, 1.165) is 25.7 Å². The van der Waals surface area contributed by atoms with Crippen LogP contribution in [0.1, 0.15) is 133 Å². The summed E-state index contributed by atoms with van der Waals surface area (Å²) in [6, 6.07) is 12.4. The van der Waals surface area contributed by atoms with E-state index in [2.05, 4.69) is 43.8 Å². The molecule has 0 bridgehead atoms.